The van der Waals surface area contributed by atoms with Gasteiger partial charge in [-0.1, -0.05) is 18.2 Å². The molecule has 26 heavy (non-hydrogen) atoms. The van der Waals surface area contributed by atoms with Gasteiger partial charge in [0, 0.05) is 11.1 Å². The van der Waals surface area contributed by atoms with Crippen LogP contribution in [0.25, 0.3) is 22.1 Å². The number of amides is 1. The van der Waals surface area contributed by atoms with Crippen LogP contribution in [0.3, 0.4) is 0 Å². The minimum atomic E-state index is -0.374. The van der Waals surface area contributed by atoms with Crippen LogP contribution in [-0.2, 0) is 11.3 Å². The zero-order chi connectivity index (χ0) is 18.3. The van der Waals surface area contributed by atoms with Gasteiger partial charge in [-0.05, 0) is 49.2 Å². The molecule has 0 unspecified atom stereocenters. The van der Waals surface area contributed by atoms with Gasteiger partial charge in [0.1, 0.15) is 17.6 Å². The molecule has 0 spiro atoms. The number of hydrogen-bond acceptors (Lipinski definition) is 4. The predicted molar refractivity (Wildman–Crippen MR) is 100 cm³/mol. The quantitative estimate of drug-likeness (QED) is 0.616. The molecule has 0 aliphatic heterocycles. The van der Waals surface area contributed by atoms with E-state index in [2.05, 4.69) is 10.3 Å². The fraction of sp³-hybridized carbons (Fsp3) is 0.150. The first kappa shape index (κ1) is 16.1. The molecule has 0 saturated carbocycles. The van der Waals surface area contributed by atoms with E-state index in [4.69, 9.17) is 4.42 Å². The number of carbonyl (C=O) groups is 1. The van der Waals surface area contributed by atoms with Crippen molar-refractivity contribution in [3.63, 3.8) is 0 Å². The molecule has 4 rings (SSSR count). The van der Waals surface area contributed by atoms with Gasteiger partial charge in [-0.2, -0.15) is 0 Å². The number of nitrogens with zero attached hydrogens (tertiary/aromatic N) is 2. The van der Waals surface area contributed by atoms with E-state index in [0.717, 1.165) is 16.5 Å². The minimum Gasteiger partial charge on any atom is -0.448 e. The number of hydrogen-bond donors (Lipinski definition) is 1. The van der Waals surface area contributed by atoms with Crippen molar-refractivity contribution in [1.82, 2.24) is 9.55 Å². The van der Waals surface area contributed by atoms with Crippen LogP contribution >= 0.6 is 0 Å². The zero-order valence-corrected chi connectivity index (χ0v) is 14.4. The van der Waals surface area contributed by atoms with Crippen LogP contribution in [0.5, 0.6) is 0 Å². The van der Waals surface area contributed by atoms with Crippen molar-refractivity contribution < 1.29 is 9.21 Å². The summed E-state index contributed by atoms with van der Waals surface area (Å²) in [5.74, 6) is -0.299. The fourth-order valence-corrected chi connectivity index (χ4v) is 2.90. The lowest BCUT2D eigenvalue weighted by atomic mass is 10.1. The predicted octanol–water partition coefficient (Wildman–Crippen LogP) is 3.40. The van der Waals surface area contributed by atoms with Crippen LogP contribution in [0.4, 0.5) is 5.69 Å². The van der Waals surface area contributed by atoms with Crippen molar-refractivity contribution in [2.45, 2.75) is 20.4 Å². The van der Waals surface area contributed by atoms with E-state index in [1.807, 2.05) is 50.2 Å². The third kappa shape index (κ3) is 2.75. The van der Waals surface area contributed by atoms with Crippen molar-refractivity contribution in [3.8, 4) is 0 Å². The summed E-state index contributed by atoms with van der Waals surface area (Å²) in [6, 6.07) is 13.0. The van der Waals surface area contributed by atoms with Gasteiger partial charge in [0.15, 0.2) is 0 Å². The number of fused-ring (bicyclic) bond motifs is 3. The van der Waals surface area contributed by atoms with Crippen molar-refractivity contribution >= 4 is 33.7 Å². The van der Waals surface area contributed by atoms with Gasteiger partial charge < -0.3 is 9.73 Å². The van der Waals surface area contributed by atoms with Crippen molar-refractivity contribution in [2.75, 3.05) is 5.32 Å². The molecule has 0 fully saturated rings. The van der Waals surface area contributed by atoms with Gasteiger partial charge in [-0.25, -0.2) is 4.98 Å². The summed E-state index contributed by atoms with van der Waals surface area (Å²) >= 11 is 0. The molecule has 6 heteroatoms. The van der Waals surface area contributed by atoms with Gasteiger partial charge in [0.05, 0.1) is 6.33 Å². The monoisotopic (exact) mass is 347 g/mol. The third-order valence-corrected chi connectivity index (χ3v) is 4.46. The van der Waals surface area contributed by atoms with E-state index in [-0.39, 0.29) is 23.6 Å². The topological polar surface area (TPSA) is 77.1 Å². The highest BCUT2D eigenvalue weighted by atomic mass is 16.3. The first-order valence-corrected chi connectivity index (χ1v) is 8.27. The average Bonchev–Trinajstić information content (AvgIpc) is 3.00. The zero-order valence-electron chi connectivity index (χ0n) is 14.4. The molecule has 0 bridgehead atoms. The van der Waals surface area contributed by atoms with Gasteiger partial charge in [-0.3, -0.25) is 14.2 Å². The second-order valence-corrected chi connectivity index (χ2v) is 6.30. The smallest absolute Gasteiger partial charge is 0.297 e. The van der Waals surface area contributed by atoms with Crippen LogP contribution in [0.1, 0.15) is 11.1 Å². The summed E-state index contributed by atoms with van der Waals surface area (Å²) in [7, 11) is 0. The Bertz CT molecular complexity index is 1200. The van der Waals surface area contributed by atoms with Crippen molar-refractivity contribution in [3.05, 3.63) is 70.3 Å². The van der Waals surface area contributed by atoms with E-state index in [9.17, 15) is 9.59 Å². The lowest BCUT2D eigenvalue weighted by Gasteiger charge is -2.08. The summed E-state index contributed by atoms with van der Waals surface area (Å²) < 4.78 is 6.88. The summed E-state index contributed by atoms with van der Waals surface area (Å²) in [6.45, 7) is 3.86. The van der Waals surface area contributed by atoms with E-state index in [1.54, 1.807) is 6.07 Å². The number of benzene rings is 2. The number of anilines is 1. The number of aryl methyl sites for hydroxylation is 2. The molecule has 130 valence electrons. The van der Waals surface area contributed by atoms with Crippen molar-refractivity contribution in [1.29, 1.82) is 0 Å². The number of rotatable bonds is 3. The Labute approximate surface area is 149 Å². The summed E-state index contributed by atoms with van der Waals surface area (Å²) in [6.07, 6.45) is 1.38. The maximum Gasteiger partial charge on any atom is 0.297 e. The normalized spacial score (nSPS) is 11.2. The van der Waals surface area contributed by atoms with Crippen LogP contribution in [-0.4, -0.2) is 15.5 Å². The van der Waals surface area contributed by atoms with Crippen LogP contribution in [0.15, 0.2) is 58.0 Å². The Hall–Kier alpha value is -3.41. The Kier molecular flexibility index (Phi) is 3.80. The number of para-hydroxylation sites is 1. The fourth-order valence-electron chi connectivity index (χ4n) is 2.90. The highest BCUT2D eigenvalue weighted by Gasteiger charge is 2.14. The highest BCUT2D eigenvalue weighted by molar-refractivity contribution is 6.01. The molecule has 0 aliphatic carbocycles. The van der Waals surface area contributed by atoms with Gasteiger partial charge in [0.2, 0.25) is 11.5 Å². The average molecular weight is 347 g/mol. The number of nitrogens with one attached hydrogen (secondary N) is 1. The summed E-state index contributed by atoms with van der Waals surface area (Å²) in [5.41, 5.74) is 3.84. The molecule has 2 aromatic heterocycles. The Balaban J connectivity index is 1.63. The Morgan fingerprint density at radius 2 is 1.96 bits per heavy atom. The molecule has 0 aliphatic rings. The second-order valence-electron chi connectivity index (χ2n) is 6.30. The van der Waals surface area contributed by atoms with E-state index < -0.39 is 0 Å². The maximum atomic E-state index is 12.6. The van der Waals surface area contributed by atoms with Gasteiger partial charge in [-0.15, -0.1) is 0 Å². The standard InChI is InChI=1S/C20H17N3O3/c1-12-7-8-14(9-13(12)2)22-17(24)10-23-11-21-18-15-5-3-4-6-16(15)26-19(18)20(23)25/h3-9,11H,10H2,1-2H3,(H,22,24). The summed E-state index contributed by atoms with van der Waals surface area (Å²) in [4.78, 5) is 29.2. The molecule has 4 aromatic rings. The third-order valence-electron chi connectivity index (χ3n) is 4.46. The first-order valence-electron chi connectivity index (χ1n) is 8.27. The van der Waals surface area contributed by atoms with Crippen molar-refractivity contribution in [2.24, 2.45) is 0 Å². The summed E-state index contributed by atoms with van der Waals surface area (Å²) in [5, 5.41) is 3.59. The largest absolute Gasteiger partial charge is 0.448 e. The van der Waals surface area contributed by atoms with E-state index in [0.29, 0.717) is 16.8 Å². The number of furan rings is 1. The van der Waals surface area contributed by atoms with Crippen LogP contribution in [0, 0.1) is 13.8 Å². The van der Waals surface area contributed by atoms with E-state index >= 15 is 0 Å². The van der Waals surface area contributed by atoms with Gasteiger partial charge >= 0.3 is 0 Å². The molecular weight excluding hydrogens is 330 g/mol. The second kappa shape index (κ2) is 6.15. The highest BCUT2D eigenvalue weighted by Crippen LogP contribution is 2.24. The number of carbonyl (C=O) groups excluding carboxylic acids is 1. The maximum absolute atomic E-state index is 12.6. The molecule has 6 nitrogen and oxygen atoms in total. The Morgan fingerprint density at radius 3 is 2.77 bits per heavy atom. The minimum absolute atomic E-state index is 0.133. The first-order chi connectivity index (χ1) is 12.5. The molecule has 2 heterocycles. The molecule has 2 aromatic carbocycles. The molecule has 0 radical (unpaired) electrons. The number of aromatic nitrogens is 2. The molecular formula is C20H17N3O3. The van der Waals surface area contributed by atoms with E-state index in [1.165, 1.54) is 10.9 Å². The molecule has 0 atom stereocenters. The molecule has 1 amide bonds. The van der Waals surface area contributed by atoms with Gasteiger partial charge in [0.25, 0.3) is 5.56 Å². The lowest BCUT2D eigenvalue weighted by molar-refractivity contribution is -0.116. The molecule has 0 saturated heterocycles. The Morgan fingerprint density at radius 1 is 1.15 bits per heavy atom. The van der Waals surface area contributed by atoms with Crippen LogP contribution in [0.2, 0.25) is 0 Å². The lowest BCUT2D eigenvalue weighted by Crippen LogP contribution is -2.27. The SMILES string of the molecule is Cc1ccc(NC(=O)Cn2cnc3c(oc4ccccc43)c2=O)cc1C. The van der Waals surface area contributed by atoms with Crippen LogP contribution < -0.4 is 10.9 Å². The molecule has 1 N–H and O–H groups in total.